The molecule has 2 heterocycles. The van der Waals surface area contributed by atoms with E-state index in [1.165, 1.54) is 6.07 Å². The molecular weight excluding hydrogens is 351 g/mol. The van der Waals surface area contributed by atoms with Crippen molar-refractivity contribution < 1.29 is 23.1 Å². The number of anilines is 1. The van der Waals surface area contributed by atoms with Crippen molar-refractivity contribution in [1.82, 2.24) is 4.90 Å². The first kappa shape index (κ1) is 18.9. The highest BCUT2D eigenvalue weighted by Crippen LogP contribution is 2.22. The smallest absolute Gasteiger partial charge is 0.342 e. The number of furan rings is 1. The maximum Gasteiger partial charge on any atom is 0.342 e. The van der Waals surface area contributed by atoms with Gasteiger partial charge >= 0.3 is 5.97 Å². The van der Waals surface area contributed by atoms with E-state index in [1.54, 1.807) is 43.9 Å². The van der Waals surface area contributed by atoms with Gasteiger partial charge in [0.2, 0.25) is 0 Å². The van der Waals surface area contributed by atoms with Gasteiger partial charge in [-0.15, -0.1) is 0 Å². The van der Waals surface area contributed by atoms with Gasteiger partial charge in [-0.1, -0.05) is 12.1 Å². The van der Waals surface area contributed by atoms with Gasteiger partial charge in [0.25, 0.3) is 5.91 Å². The predicted octanol–water partition coefficient (Wildman–Crippen LogP) is 2.85. The lowest BCUT2D eigenvalue weighted by atomic mass is 10.1. The molecule has 1 aliphatic heterocycles. The fraction of sp³-hybridized carbons (Fsp3) is 0.400. The first-order valence-corrected chi connectivity index (χ1v) is 8.89. The number of ether oxygens (including phenoxy) is 1. The third-order valence-electron chi connectivity index (χ3n) is 4.92. The number of carbonyl (C=O) groups excluding carboxylic acids is 2. The lowest BCUT2D eigenvalue weighted by Crippen LogP contribution is -2.50. The molecule has 1 amide bonds. The first-order chi connectivity index (χ1) is 12.9. The van der Waals surface area contributed by atoms with Gasteiger partial charge in [0.1, 0.15) is 22.9 Å². The Morgan fingerprint density at radius 1 is 1.07 bits per heavy atom. The average Bonchev–Trinajstić information content (AvgIpc) is 2.92. The number of para-hydroxylation sites is 1. The summed E-state index contributed by atoms with van der Waals surface area (Å²) in [5, 5.41) is 0. The molecule has 0 N–H and O–H groups in total. The highest BCUT2D eigenvalue weighted by atomic mass is 19.1. The van der Waals surface area contributed by atoms with Crippen LogP contribution in [0.1, 0.15) is 27.4 Å². The van der Waals surface area contributed by atoms with Crippen molar-refractivity contribution in [3.05, 3.63) is 52.7 Å². The highest BCUT2D eigenvalue weighted by Gasteiger charge is 2.25. The van der Waals surface area contributed by atoms with E-state index in [9.17, 15) is 14.0 Å². The average molecular weight is 374 g/mol. The molecule has 6 nitrogen and oxygen atoms in total. The molecule has 0 unspecified atom stereocenters. The van der Waals surface area contributed by atoms with E-state index in [4.69, 9.17) is 9.15 Å². The van der Waals surface area contributed by atoms with Crippen LogP contribution in [0.3, 0.4) is 0 Å². The molecule has 0 atom stereocenters. The van der Waals surface area contributed by atoms with Crippen LogP contribution < -0.4 is 4.90 Å². The summed E-state index contributed by atoms with van der Waals surface area (Å²) in [6, 6.07) is 6.59. The Hall–Kier alpha value is -2.83. The Bertz CT molecular complexity index is 854. The molecule has 0 aliphatic carbocycles. The van der Waals surface area contributed by atoms with Crippen molar-refractivity contribution in [2.24, 2.45) is 0 Å². The Kier molecular flexibility index (Phi) is 5.48. The van der Waals surface area contributed by atoms with Crippen LogP contribution in [0.15, 0.2) is 28.7 Å². The topological polar surface area (TPSA) is 63.0 Å². The van der Waals surface area contributed by atoms with Crippen LogP contribution in [0.5, 0.6) is 0 Å². The second-order valence-electron chi connectivity index (χ2n) is 6.61. The summed E-state index contributed by atoms with van der Waals surface area (Å²) in [7, 11) is 0. The predicted molar refractivity (Wildman–Crippen MR) is 98.4 cm³/mol. The maximum atomic E-state index is 13.9. The minimum atomic E-state index is -0.555. The molecule has 27 heavy (non-hydrogen) atoms. The number of halogens is 1. The second kappa shape index (κ2) is 7.82. The molecule has 2 aromatic rings. The summed E-state index contributed by atoms with van der Waals surface area (Å²) < 4.78 is 24.5. The van der Waals surface area contributed by atoms with Gasteiger partial charge in [0, 0.05) is 31.7 Å². The van der Waals surface area contributed by atoms with Crippen molar-refractivity contribution in [3.63, 3.8) is 0 Å². The Morgan fingerprint density at radius 3 is 2.33 bits per heavy atom. The number of carbonyl (C=O) groups is 2. The molecule has 1 saturated heterocycles. The lowest BCUT2D eigenvalue weighted by Gasteiger charge is -2.36. The van der Waals surface area contributed by atoms with E-state index >= 15 is 0 Å². The zero-order chi connectivity index (χ0) is 19.6. The number of aryl methyl sites for hydroxylation is 2. The number of esters is 1. The summed E-state index contributed by atoms with van der Waals surface area (Å²) in [4.78, 5) is 28.1. The third kappa shape index (κ3) is 3.97. The molecule has 1 aromatic carbocycles. The van der Waals surface area contributed by atoms with Gasteiger partial charge in [-0.25, -0.2) is 9.18 Å². The molecular formula is C20H23FN2O4. The largest absolute Gasteiger partial charge is 0.465 e. The Balaban J connectivity index is 1.53. The van der Waals surface area contributed by atoms with Crippen molar-refractivity contribution >= 4 is 17.6 Å². The molecule has 1 fully saturated rings. The highest BCUT2D eigenvalue weighted by molar-refractivity contribution is 5.93. The normalized spacial score (nSPS) is 14.4. The van der Waals surface area contributed by atoms with Gasteiger partial charge in [-0.05, 0) is 32.9 Å². The van der Waals surface area contributed by atoms with Gasteiger partial charge in [0.05, 0.1) is 5.69 Å². The van der Waals surface area contributed by atoms with Crippen LogP contribution in [0.4, 0.5) is 10.1 Å². The van der Waals surface area contributed by atoms with E-state index in [0.29, 0.717) is 49.0 Å². The van der Waals surface area contributed by atoms with E-state index in [0.717, 1.165) is 5.56 Å². The van der Waals surface area contributed by atoms with E-state index in [-0.39, 0.29) is 18.3 Å². The van der Waals surface area contributed by atoms with Crippen molar-refractivity contribution in [1.29, 1.82) is 0 Å². The van der Waals surface area contributed by atoms with Crippen molar-refractivity contribution in [2.45, 2.75) is 20.8 Å². The maximum absolute atomic E-state index is 13.9. The number of benzene rings is 1. The van der Waals surface area contributed by atoms with Crippen molar-refractivity contribution in [2.75, 3.05) is 37.7 Å². The zero-order valence-electron chi connectivity index (χ0n) is 15.8. The van der Waals surface area contributed by atoms with E-state index < -0.39 is 5.97 Å². The SMILES string of the molecule is Cc1oc(C)c(C(=O)OCC(=O)N2CCN(c3ccccc3F)CC2)c1C. The molecule has 0 spiro atoms. The summed E-state index contributed by atoms with van der Waals surface area (Å²) >= 11 is 0. The van der Waals surface area contributed by atoms with E-state index in [2.05, 4.69) is 0 Å². The van der Waals surface area contributed by atoms with Gasteiger partial charge in [-0.3, -0.25) is 4.79 Å². The molecule has 7 heteroatoms. The lowest BCUT2D eigenvalue weighted by molar-refractivity contribution is -0.134. The number of hydrogen-bond acceptors (Lipinski definition) is 5. The molecule has 0 saturated carbocycles. The van der Waals surface area contributed by atoms with Crippen LogP contribution in [0.25, 0.3) is 0 Å². The molecule has 1 aliphatic rings. The van der Waals surface area contributed by atoms with Crippen LogP contribution >= 0.6 is 0 Å². The monoisotopic (exact) mass is 374 g/mol. The number of amides is 1. The summed E-state index contributed by atoms with van der Waals surface area (Å²) in [5.74, 6) is 0.0654. The molecule has 0 bridgehead atoms. The summed E-state index contributed by atoms with van der Waals surface area (Å²) in [6.45, 7) is 6.90. The van der Waals surface area contributed by atoms with Gasteiger partial charge < -0.3 is 19.0 Å². The first-order valence-electron chi connectivity index (χ1n) is 8.89. The zero-order valence-corrected chi connectivity index (χ0v) is 15.8. The fourth-order valence-corrected chi connectivity index (χ4v) is 3.29. The van der Waals surface area contributed by atoms with Gasteiger partial charge in [0.15, 0.2) is 6.61 Å². The van der Waals surface area contributed by atoms with Crippen molar-refractivity contribution in [3.8, 4) is 0 Å². The quantitative estimate of drug-likeness (QED) is 0.770. The molecule has 3 rings (SSSR count). The molecule has 1 aromatic heterocycles. The third-order valence-corrected chi connectivity index (χ3v) is 4.92. The van der Waals surface area contributed by atoms with Crippen LogP contribution in [0.2, 0.25) is 0 Å². The standard InChI is InChI=1S/C20H23FN2O4/c1-13-14(2)27-15(3)19(13)20(25)26-12-18(24)23-10-8-22(9-11-23)17-7-5-4-6-16(17)21/h4-7H,8-12H2,1-3H3. The number of rotatable bonds is 4. The molecule has 0 radical (unpaired) electrons. The van der Waals surface area contributed by atoms with Crippen LogP contribution in [0, 0.1) is 26.6 Å². The minimum absolute atomic E-state index is 0.257. The molecule has 144 valence electrons. The Labute approximate surface area is 157 Å². The number of piperazine rings is 1. The summed E-state index contributed by atoms with van der Waals surface area (Å²) in [6.07, 6.45) is 0. The summed E-state index contributed by atoms with van der Waals surface area (Å²) in [5.41, 5.74) is 1.64. The number of hydrogen-bond donors (Lipinski definition) is 0. The second-order valence-corrected chi connectivity index (χ2v) is 6.61. The van der Waals surface area contributed by atoms with Gasteiger partial charge in [-0.2, -0.15) is 0 Å². The Morgan fingerprint density at radius 2 is 1.74 bits per heavy atom. The fourth-order valence-electron chi connectivity index (χ4n) is 3.29. The van der Waals surface area contributed by atoms with Crippen LogP contribution in [-0.4, -0.2) is 49.6 Å². The van der Waals surface area contributed by atoms with E-state index in [1.807, 2.05) is 4.90 Å². The van der Waals surface area contributed by atoms with Crippen LogP contribution in [-0.2, 0) is 9.53 Å². The minimum Gasteiger partial charge on any atom is -0.465 e. The number of nitrogens with zero attached hydrogens (tertiary/aromatic N) is 2.